The number of rotatable bonds is 9. The van der Waals surface area contributed by atoms with Crippen molar-refractivity contribution < 1.29 is 29.6 Å². The quantitative estimate of drug-likeness (QED) is 0.408. The topological polar surface area (TPSA) is 119 Å². The van der Waals surface area contributed by atoms with Gasteiger partial charge in [0.25, 0.3) is 5.91 Å². The molecule has 0 spiro atoms. The smallest absolute Gasteiger partial charge is 0.252 e. The van der Waals surface area contributed by atoms with Gasteiger partial charge in [-0.25, -0.2) is 0 Å². The van der Waals surface area contributed by atoms with E-state index < -0.39 is 36.4 Å². The third-order valence-electron chi connectivity index (χ3n) is 5.03. The van der Waals surface area contributed by atoms with Gasteiger partial charge in [-0.2, -0.15) is 0 Å². The summed E-state index contributed by atoms with van der Waals surface area (Å²) in [6, 6.07) is -0.692. The van der Waals surface area contributed by atoms with Crippen molar-refractivity contribution in [3.8, 4) is 0 Å². The fourth-order valence-corrected chi connectivity index (χ4v) is 2.92. The number of aliphatic hydroxyl groups excluding tert-OH is 3. The van der Waals surface area contributed by atoms with Crippen LogP contribution >= 0.6 is 0 Å². The van der Waals surface area contributed by atoms with Crippen molar-refractivity contribution in [1.82, 2.24) is 10.2 Å². The molecular formula is C19H34N2O6. The number of carbonyl (C=O) groups excluding carboxylic acids is 2. The Morgan fingerprint density at radius 1 is 1.30 bits per heavy atom. The number of nitrogens with one attached hydrogen (secondary N) is 1. The molecule has 4 N–H and O–H groups in total. The van der Waals surface area contributed by atoms with E-state index >= 15 is 0 Å². The highest BCUT2D eigenvalue weighted by Crippen LogP contribution is 2.14. The van der Waals surface area contributed by atoms with Crippen LogP contribution in [0.2, 0.25) is 0 Å². The van der Waals surface area contributed by atoms with Crippen LogP contribution in [0.15, 0.2) is 12.2 Å². The molecule has 0 radical (unpaired) electrons. The molecule has 4 unspecified atom stereocenters. The number of ether oxygens (including phenoxy) is 1. The molecule has 8 heteroatoms. The number of nitrogens with zero attached hydrogens (tertiary/aromatic N) is 1. The van der Waals surface area contributed by atoms with Crippen LogP contribution in [0.3, 0.4) is 0 Å². The van der Waals surface area contributed by atoms with E-state index in [0.717, 1.165) is 19.3 Å². The lowest BCUT2D eigenvalue weighted by Crippen LogP contribution is -2.55. The van der Waals surface area contributed by atoms with Crippen molar-refractivity contribution in [1.29, 1.82) is 0 Å². The van der Waals surface area contributed by atoms with Gasteiger partial charge in [0, 0.05) is 20.7 Å². The van der Waals surface area contributed by atoms with E-state index in [0.29, 0.717) is 13.0 Å². The number of carbonyl (C=O) groups is 2. The van der Waals surface area contributed by atoms with E-state index in [-0.39, 0.29) is 11.8 Å². The minimum Gasteiger partial charge on any atom is -0.387 e. The Balaban J connectivity index is 2.75. The van der Waals surface area contributed by atoms with Crippen LogP contribution in [-0.4, -0.2) is 83.2 Å². The summed E-state index contributed by atoms with van der Waals surface area (Å²) in [5, 5.41) is 33.1. The molecule has 0 aromatic rings. The lowest BCUT2D eigenvalue weighted by Gasteiger charge is -2.28. The maximum absolute atomic E-state index is 12.5. The zero-order valence-electron chi connectivity index (χ0n) is 16.7. The number of amides is 2. The number of aliphatic hydroxyl groups is 3. The minimum absolute atomic E-state index is 0.192. The van der Waals surface area contributed by atoms with Crippen LogP contribution in [0.5, 0.6) is 0 Å². The van der Waals surface area contributed by atoms with Crippen molar-refractivity contribution in [3.63, 3.8) is 0 Å². The third-order valence-corrected chi connectivity index (χ3v) is 5.03. The minimum atomic E-state index is -1.65. The van der Waals surface area contributed by atoms with E-state index in [1.54, 1.807) is 18.0 Å². The van der Waals surface area contributed by atoms with Crippen LogP contribution < -0.4 is 5.32 Å². The number of methoxy groups -OCH3 is 1. The molecule has 1 aliphatic rings. The highest BCUT2D eigenvalue weighted by atomic mass is 16.5. The summed E-state index contributed by atoms with van der Waals surface area (Å²) in [7, 11) is 2.90. The van der Waals surface area contributed by atoms with Gasteiger partial charge in [-0.15, -0.1) is 0 Å². The van der Waals surface area contributed by atoms with Crippen LogP contribution in [0.4, 0.5) is 0 Å². The predicted octanol–water partition coefficient (Wildman–Crippen LogP) is -0.186. The van der Waals surface area contributed by atoms with Crippen molar-refractivity contribution in [2.45, 2.75) is 70.0 Å². The Morgan fingerprint density at radius 3 is 2.56 bits per heavy atom. The molecule has 1 aliphatic heterocycles. The van der Waals surface area contributed by atoms with Crippen LogP contribution in [-0.2, 0) is 14.3 Å². The number of hydrogen-bond acceptors (Lipinski definition) is 6. The molecule has 27 heavy (non-hydrogen) atoms. The molecule has 0 aliphatic carbocycles. The zero-order chi connectivity index (χ0) is 20.6. The molecule has 2 amide bonds. The molecule has 0 bridgehead atoms. The Morgan fingerprint density at radius 2 is 1.96 bits per heavy atom. The maximum atomic E-state index is 12.5. The maximum Gasteiger partial charge on any atom is 0.252 e. The van der Waals surface area contributed by atoms with Gasteiger partial charge in [-0.05, 0) is 25.2 Å². The summed E-state index contributed by atoms with van der Waals surface area (Å²) in [4.78, 5) is 26.4. The van der Waals surface area contributed by atoms with Gasteiger partial charge in [0.05, 0.1) is 0 Å². The molecule has 1 fully saturated rings. The van der Waals surface area contributed by atoms with Gasteiger partial charge in [0.2, 0.25) is 5.91 Å². The molecule has 1 saturated heterocycles. The van der Waals surface area contributed by atoms with E-state index in [2.05, 4.69) is 5.32 Å². The van der Waals surface area contributed by atoms with E-state index in [4.69, 9.17) is 4.74 Å². The summed E-state index contributed by atoms with van der Waals surface area (Å²) in [5.41, 5.74) is 0. The first kappa shape index (κ1) is 23.6. The molecule has 6 atom stereocenters. The molecule has 1 heterocycles. The van der Waals surface area contributed by atoms with Crippen molar-refractivity contribution in [2.75, 3.05) is 20.7 Å². The highest BCUT2D eigenvalue weighted by Gasteiger charge is 2.37. The average molecular weight is 386 g/mol. The third kappa shape index (κ3) is 6.88. The second-order valence-corrected chi connectivity index (χ2v) is 7.22. The van der Waals surface area contributed by atoms with E-state index in [9.17, 15) is 24.9 Å². The summed E-state index contributed by atoms with van der Waals surface area (Å²) in [5.74, 6) is -0.679. The number of likely N-dealkylation sites (N-methyl/N-ethyl adjacent to an activating group) is 1. The molecule has 8 nitrogen and oxygen atoms in total. The van der Waals surface area contributed by atoms with Crippen LogP contribution in [0.1, 0.15) is 39.5 Å². The van der Waals surface area contributed by atoms with Crippen LogP contribution in [0.25, 0.3) is 0 Å². The number of likely N-dealkylation sites (tertiary alicyclic amines) is 1. The fraction of sp³-hybridized carbons (Fsp3) is 0.789. The monoisotopic (exact) mass is 386 g/mol. The van der Waals surface area contributed by atoms with Gasteiger partial charge in [0.15, 0.2) is 6.10 Å². The average Bonchev–Trinajstić information content (AvgIpc) is 2.81. The molecule has 0 aromatic carbocycles. The van der Waals surface area contributed by atoms with E-state index in [1.165, 1.54) is 13.2 Å². The number of allylic oxidation sites excluding steroid dienone is 1. The lowest BCUT2D eigenvalue weighted by molar-refractivity contribution is -0.151. The molecule has 0 aromatic heterocycles. The predicted molar refractivity (Wildman–Crippen MR) is 101 cm³/mol. The Hall–Kier alpha value is -1.48. The van der Waals surface area contributed by atoms with Crippen molar-refractivity contribution >= 4 is 11.8 Å². The first-order valence-corrected chi connectivity index (χ1v) is 9.53. The molecular weight excluding hydrogens is 352 g/mol. The highest BCUT2D eigenvalue weighted by molar-refractivity contribution is 5.89. The zero-order valence-corrected chi connectivity index (χ0v) is 16.7. The second kappa shape index (κ2) is 11.4. The SMILES string of the molecule is CCC(C)/C=C/C(O)C(O)C(O)[C@@H](OC)C(=O)N[C@H]1CCCCN(C)C1=O. The first-order valence-electron chi connectivity index (χ1n) is 9.53. The fourth-order valence-electron chi connectivity index (χ4n) is 2.92. The first-order chi connectivity index (χ1) is 12.7. The Kier molecular flexibility index (Phi) is 9.93. The molecule has 1 rings (SSSR count). The Labute approximate surface area is 161 Å². The largest absolute Gasteiger partial charge is 0.387 e. The molecule has 0 saturated carbocycles. The van der Waals surface area contributed by atoms with E-state index in [1.807, 2.05) is 13.8 Å². The molecule has 156 valence electrons. The lowest BCUT2D eigenvalue weighted by atomic mass is 9.99. The van der Waals surface area contributed by atoms with Gasteiger partial charge in [-0.1, -0.05) is 32.4 Å². The van der Waals surface area contributed by atoms with Gasteiger partial charge >= 0.3 is 0 Å². The standard InChI is InChI=1S/C19H34N2O6/c1-5-12(2)9-10-14(22)15(23)16(24)17(27-4)18(25)20-13-8-6-7-11-21(3)19(13)26/h9-10,12-17,22-24H,5-8,11H2,1-4H3,(H,20,25)/b10-9+/t12?,13-,14?,15?,16?,17+/m0/s1. The van der Waals surface area contributed by atoms with Gasteiger partial charge < -0.3 is 30.3 Å². The number of hydrogen-bond donors (Lipinski definition) is 4. The summed E-state index contributed by atoms with van der Waals surface area (Å²) in [6.45, 7) is 4.58. The van der Waals surface area contributed by atoms with Crippen LogP contribution in [0, 0.1) is 5.92 Å². The second-order valence-electron chi connectivity index (χ2n) is 7.22. The summed E-state index contributed by atoms with van der Waals surface area (Å²) in [6.07, 6.45) is 0.163. The van der Waals surface area contributed by atoms with Gasteiger partial charge in [0.1, 0.15) is 24.4 Å². The summed E-state index contributed by atoms with van der Waals surface area (Å²) >= 11 is 0. The van der Waals surface area contributed by atoms with Crippen molar-refractivity contribution in [2.24, 2.45) is 5.92 Å². The van der Waals surface area contributed by atoms with Gasteiger partial charge in [-0.3, -0.25) is 9.59 Å². The normalized spacial score (nSPS) is 24.2. The Bertz CT molecular complexity index is 512. The van der Waals surface area contributed by atoms with Crippen molar-refractivity contribution in [3.05, 3.63) is 12.2 Å². The summed E-state index contributed by atoms with van der Waals surface area (Å²) < 4.78 is 5.04.